The molecule has 150 valence electrons. The molecule has 0 radical (unpaired) electrons. The quantitative estimate of drug-likeness (QED) is 0.261. The summed E-state index contributed by atoms with van der Waals surface area (Å²) in [5.74, 6) is 0. The van der Waals surface area contributed by atoms with E-state index < -0.39 is 0 Å². The van der Waals surface area contributed by atoms with Crippen LogP contribution in [0.3, 0.4) is 0 Å². The number of hydrogen-bond donors (Lipinski definition) is 0. The molecule has 0 aliphatic rings. The van der Waals surface area contributed by atoms with Crippen LogP contribution in [-0.4, -0.2) is 0 Å². The lowest BCUT2D eigenvalue weighted by molar-refractivity contribution is 0.664. The van der Waals surface area contributed by atoms with Crippen LogP contribution in [0.4, 0.5) is 0 Å². The van der Waals surface area contributed by atoms with Crippen LogP contribution < -0.4 is 0 Å². The Bertz CT molecular complexity index is 727. The summed E-state index contributed by atoms with van der Waals surface area (Å²) >= 11 is 3.76. The van der Waals surface area contributed by atoms with Gasteiger partial charge in [-0.25, -0.2) is 0 Å². The van der Waals surface area contributed by atoms with Crippen molar-refractivity contribution in [3.05, 3.63) is 58.3 Å². The van der Waals surface area contributed by atoms with E-state index in [0.29, 0.717) is 0 Å². The van der Waals surface area contributed by atoms with Crippen molar-refractivity contribution in [1.29, 1.82) is 0 Å². The normalized spacial score (nSPS) is 11.2. The predicted molar refractivity (Wildman–Crippen MR) is 129 cm³/mol. The van der Waals surface area contributed by atoms with E-state index in [0.717, 1.165) is 0 Å². The average Bonchev–Trinajstić information content (AvgIpc) is 3.43. The molecule has 0 bridgehead atoms. The van der Waals surface area contributed by atoms with Crippen LogP contribution in [0.2, 0.25) is 0 Å². The smallest absolute Gasteiger partial charge is 0.0345 e. The number of unbranched alkanes of at least 4 members (excludes halogenated alkanes) is 6. The Morgan fingerprint density at radius 1 is 0.607 bits per heavy atom. The second-order valence-electron chi connectivity index (χ2n) is 7.74. The van der Waals surface area contributed by atoms with Crippen LogP contribution in [0.15, 0.2) is 47.2 Å². The first kappa shape index (κ1) is 21.3. The first-order valence-corrected chi connectivity index (χ1v) is 12.8. The summed E-state index contributed by atoms with van der Waals surface area (Å²) in [6.07, 6.45) is 13.0. The van der Waals surface area contributed by atoms with Gasteiger partial charge in [0.15, 0.2) is 0 Å². The fourth-order valence-corrected chi connectivity index (χ4v) is 5.47. The molecule has 0 saturated carbocycles. The summed E-state index contributed by atoms with van der Waals surface area (Å²) in [5, 5.41) is 4.43. The largest absolute Gasteiger partial charge is 0.144 e. The zero-order valence-corrected chi connectivity index (χ0v) is 19.1. The van der Waals surface area contributed by atoms with Crippen molar-refractivity contribution in [3.8, 4) is 20.9 Å². The van der Waals surface area contributed by atoms with Gasteiger partial charge >= 0.3 is 0 Å². The number of hydrogen-bond acceptors (Lipinski definition) is 2. The topological polar surface area (TPSA) is 0 Å². The fraction of sp³-hybridized carbons (Fsp3) is 0.462. The SMILES string of the molecule is CCCCCCc1cc(-c2cccs2)c(CCCCCC)cc1-c1cccs1. The number of thiophene rings is 2. The molecule has 0 aliphatic heterocycles. The lowest BCUT2D eigenvalue weighted by Gasteiger charge is -2.16. The van der Waals surface area contributed by atoms with E-state index in [1.54, 1.807) is 11.1 Å². The molecular weight excluding hydrogens is 376 g/mol. The summed E-state index contributed by atoms with van der Waals surface area (Å²) in [6, 6.07) is 14.0. The highest BCUT2D eigenvalue weighted by Crippen LogP contribution is 2.37. The first-order valence-electron chi connectivity index (χ1n) is 11.1. The van der Waals surface area contributed by atoms with E-state index in [4.69, 9.17) is 0 Å². The third-order valence-corrected chi connectivity index (χ3v) is 7.31. The Balaban J connectivity index is 1.94. The van der Waals surface area contributed by atoms with Crippen molar-refractivity contribution in [3.63, 3.8) is 0 Å². The summed E-state index contributed by atoms with van der Waals surface area (Å²) in [6.45, 7) is 4.58. The van der Waals surface area contributed by atoms with Gasteiger partial charge in [0, 0.05) is 9.75 Å². The maximum Gasteiger partial charge on any atom is 0.0345 e. The molecule has 2 heteroatoms. The zero-order valence-electron chi connectivity index (χ0n) is 17.5. The molecule has 0 unspecified atom stereocenters. The molecule has 0 nitrogen and oxygen atoms in total. The van der Waals surface area contributed by atoms with Crippen molar-refractivity contribution in [2.24, 2.45) is 0 Å². The molecule has 0 spiro atoms. The van der Waals surface area contributed by atoms with Gasteiger partial charge in [-0.1, -0.05) is 64.5 Å². The molecule has 3 aromatic rings. The molecule has 0 fully saturated rings. The zero-order chi connectivity index (χ0) is 19.6. The maximum absolute atomic E-state index is 2.53. The van der Waals surface area contributed by atoms with Crippen LogP contribution >= 0.6 is 22.7 Å². The Labute approximate surface area is 179 Å². The second-order valence-corrected chi connectivity index (χ2v) is 9.64. The van der Waals surface area contributed by atoms with E-state index >= 15 is 0 Å². The minimum atomic E-state index is 1.20. The van der Waals surface area contributed by atoms with Crippen molar-refractivity contribution >= 4 is 22.7 Å². The Morgan fingerprint density at radius 3 is 1.43 bits per heavy atom. The van der Waals surface area contributed by atoms with Crippen LogP contribution in [-0.2, 0) is 12.8 Å². The van der Waals surface area contributed by atoms with Gasteiger partial charge in [-0.05, 0) is 83.0 Å². The molecular formula is C26H34S2. The minimum Gasteiger partial charge on any atom is -0.144 e. The van der Waals surface area contributed by atoms with Gasteiger partial charge in [-0.15, -0.1) is 22.7 Å². The van der Waals surface area contributed by atoms with Gasteiger partial charge in [0.2, 0.25) is 0 Å². The summed E-state index contributed by atoms with van der Waals surface area (Å²) in [4.78, 5) is 2.86. The van der Waals surface area contributed by atoms with Crippen LogP contribution in [0.1, 0.15) is 76.3 Å². The lowest BCUT2D eigenvalue weighted by Crippen LogP contribution is -1.97. The van der Waals surface area contributed by atoms with E-state index in [1.165, 1.54) is 85.1 Å². The van der Waals surface area contributed by atoms with Crippen LogP contribution in [0, 0.1) is 0 Å². The number of benzene rings is 1. The third kappa shape index (κ3) is 5.81. The van der Waals surface area contributed by atoms with E-state index in [1.807, 2.05) is 22.7 Å². The molecule has 3 rings (SSSR count). The van der Waals surface area contributed by atoms with Gasteiger partial charge in [-0.3, -0.25) is 0 Å². The maximum atomic E-state index is 2.53. The predicted octanol–water partition coefficient (Wildman–Crippen LogP) is 9.39. The van der Waals surface area contributed by atoms with E-state index in [-0.39, 0.29) is 0 Å². The summed E-state index contributed by atoms with van der Waals surface area (Å²) < 4.78 is 0. The Morgan fingerprint density at radius 2 is 1.07 bits per heavy atom. The highest BCUT2D eigenvalue weighted by atomic mass is 32.1. The molecule has 0 aliphatic carbocycles. The molecule has 2 heterocycles. The van der Waals surface area contributed by atoms with E-state index in [9.17, 15) is 0 Å². The Kier molecular flexibility index (Phi) is 8.82. The van der Waals surface area contributed by atoms with Crippen LogP contribution in [0.25, 0.3) is 20.9 Å². The average molecular weight is 411 g/mol. The lowest BCUT2D eigenvalue weighted by atomic mass is 9.91. The second kappa shape index (κ2) is 11.6. The van der Waals surface area contributed by atoms with Crippen molar-refractivity contribution < 1.29 is 0 Å². The fourth-order valence-electron chi connectivity index (χ4n) is 3.91. The number of aryl methyl sites for hydroxylation is 2. The molecule has 0 amide bonds. The Hall–Kier alpha value is -1.38. The van der Waals surface area contributed by atoms with Crippen molar-refractivity contribution in [2.75, 3.05) is 0 Å². The van der Waals surface area contributed by atoms with Gasteiger partial charge in [0.1, 0.15) is 0 Å². The molecule has 1 aromatic carbocycles. The highest BCUT2D eigenvalue weighted by molar-refractivity contribution is 7.13. The standard InChI is InChI=1S/C26H34S2/c1-3-5-7-9-13-21-19-24(26-16-12-18-28-26)22(14-10-8-6-4-2)20-23(21)25-15-11-17-27-25/h11-12,15-20H,3-10,13-14H2,1-2H3. The van der Waals surface area contributed by atoms with Gasteiger partial charge in [0.25, 0.3) is 0 Å². The molecule has 0 N–H and O–H groups in total. The molecule has 0 atom stereocenters. The number of rotatable bonds is 12. The van der Waals surface area contributed by atoms with Crippen molar-refractivity contribution in [2.45, 2.75) is 78.1 Å². The van der Waals surface area contributed by atoms with E-state index in [2.05, 4.69) is 61.0 Å². The minimum absolute atomic E-state index is 1.20. The molecule has 2 aromatic heterocycles. The monoisotopic (exact) mass is 410 g/mol. The van der Waals surface area contributed by atoms with Gasteiger partial charge < -0.3 is 0 Å². The highest BCUT2D eigenvalue weighted by Gasteiger charge is 2.14. The van der Waals surface area contributed by atoms with Gasteiger partial charge in [-0.2, -0.15) is 0 Å². The van der Waals surface area contributed by atoms with Crippen molar-refractivity contribution in [1.82, 2.24) is 0 Å². The van der Waals surface area contributed by atoms with Crippen LogP contribution in [0.5, 0.6) is 0 Å². The molecule has 0 saturated heterocycles. The first-order chi connectivity index (χ1) is 13.8. The molecule has 28 heavy (non-hydrogen) atoms. The summed E-state index contributed by atoms with van der Waals surface area (Å²) in [7, 11) is 0. The summed E-state index contributed by atoms with van der Waals surface area (Å²) in [5.41, 5.74) is 6.05. The van der Waals surface area contributed by atoms with Gasteiger partial charge in [0.05, 0.1) is 0 Å². The third-order valence-electron chi connectivity index (χ3n) is 5.50.